The Morgan fingerprint density at radius 2 is 0.923 bits per heavy atom. The Balaban J connectivity index is 0. The van der Waals surface area contributed by atoms with Gasteiger partial charge in [0.15, 0.2) is 0 Å². The minimum Gasteiger partial charge on any atom is -0.405 e. The van der Waals surface area contributed by atoms with E-state index in [0.717, 1.165) is 0 Å². The molecule has 0 radical (unpaired) electrons. The van der Waals surface area contributed by atoms with Gasteiger partial charge in [0.1, 0.15) is 0 Å². The van der Waals surface area contributed by atoms with Crippen LogP contribution in [-0.2, 0) is 4.74 Å². The first-order valence-electron chi connectivity index (χ1n) is 2.50. The van der Waals surface area contributed by atoms with E-state index in [-0.39, 0.29) is 0 Å². The van der Waals surface area contributed by atoms with Gasteiger partial charge >= 0.3 is 12.2 Å². The lowest BCUT2D eigenvalue weighted by Crippen LogP contribution is -1.75. The third kappa shape index (κ3) is 18.0. The minimum atomic E-state index is -2.91. The van der Waals surface area contributed by atoms with Gasteiger partial charge in [-0.25, -0.2) is 0 Å². The first-order valence-corrected chi connectivity index (χ1v) is 2.50. The lowest BCUT2D eigenvalue weighted by molar-refractivity contribution is 0.158. The molecule has 0 aliphatic heterocycles. The molecule has 0 aliphatic rings. The lowest BCUT2D eigenvalue weighted by Gasteiger charge is -1.90. The Labute approximate surface area is 69.6 Å². The molecule has 0 unspecified atom stereocenters. The SMILES string of the molecule is C=C(F)OC(=C)F.FC(F)=C(F)F. The van der Waals surface area contributed by atoms with Gasteiger partial charge in [0.05, 0.1) is 0 Å². The maximum Gasteiger partial charge on any atom is 0.334 e. The minimum absolute atomic E-state index is 1.19. The molecule has 76 valence electrons. The van der Waals surface area contributed by atoms with Crippen molar-refractivity contribution in [3.63, 3.8) is 0 Å². The molecule has 0 aromatic carbocycles. The molecule has 0 aliphatic carbocycles. The summed E-state index contributed by atoms with van der Waals surface area (Å²) in [5.41, 5.74) is 0. The first kappa shape index (κ1) is 14.1. The molecule has 0 amide bonds. The molecule has 0 heterocycles. The Morgan fingerprint density at radius 3 is 0.923 bits per heavy atom. The van der Waals surface area contributed by atoms with Crippen molar-refractivity contribution in [2.75, 3.05) is 0 Å². The van der Waals surface area contributed by atoms with Crippen LogP contribution in [0, 0.1) is 0 Å². The lowest BCUT2D eigenvalue weighted by atomic mass is 11.0. The fraction of sp³-hybridized carbons (Fsp3) is 0. The van der Waals surface area contributed by atoms with Crippen LogP contribution in [0.25, 0.3) is 0 Å². The highest BCUT2D eigenvalue weighted by Gasteiger charge is 1.98. The number of rotatable bonds is 2. The predicted molar refractivity (Wildman–Crippen MR) is 33.0 cm³/mol. The van der Waals surface area contributed by atoms with Crippen LogP contribution in [0.1, 0.15) is 0 Å². The zero-order valence-corrected chi connectivity index (χ0v) is 6.09. The van der Waals surface area contributed by atoms with Crippen LogP contribution >= 0.6 is 0 Å². The summed E-state index contributed by atoms with van der Waals surface area (Å²) in [6, 6.07) is -2.38. The molecule has 13 heavy (non-hydrogen) atoms. The fourth-order valence-electron chi connectivity index (χ4n) is 0.120. The van der Waals surface area contributed by atoms with Crippen molar-refractivity contribution in [2.24, 2.45) is 0 Å². The molecule has 0 fully saturated rings. The highest BCUT2D eigenvalue weighted by atomic mass is 19.3. The Kier molecular flexibility index (Phi) is 7.90. The van der Waals surface area contributed by atoms with Gasteiger partial charge in [0.2, 0.25) is 0 Å². The van der Waals surface area contributed by atoms with Gasteiger partial charge in [-0.2, -0.15) is 26.3 Å². The highest BCUT2D eigenvalue weighted by Crippen LogP contribution is 2.08. The Bertz CT molecular complexity index is 191. The quantitative estimate of drug-likeness (QED) is 0.492. The van der Waals surface area contributed by atoms with Crippen LogP contribution in [0.5, 0.6) is 0 Å². The Morgan fingerprint density at radius 1 is 0.692 bits per heavy atom. The average molecular weight is 206 g/mol. The van der Waals surface area contributed by atoms with E-state index in [0.29, 0.717) is 0 Å². The maximum absolute atomic E-state index is 11.2. The van der Waals surface area contributed by atoms with Crippen molar-refractivity contribution in [1.29, 1.82) is 0 Å². The van der Waals surface area contributed by atoms with Crippen molar-refractivity contribution in [1.82, 2.24) is 0 Å². The second-order valence-corrected chi connectivity index (χ2v) is 1.33. The molecule has 0 saturated carbocycles. The summed E-state index contributed by atoms with van der Waals surface area (Å²) < 4.78 is 67.1. The first-order chi connectivity index (χ1) is 5.77. The molecular weight excluding hydrogens is 202 g/mol. The zero-order valence-electron chi connectivity index (χ0n) is 6.09. The molecule has 0 saturated heterocycles. The third-order valence-corrected chi connectivity index (χ3v) is 0.364. The summed E-state index contributed by atoms with van der Waals surface area (Å²) in [7, 11) is 0. The van der Waals surface area contributed by atoms with Crippen molar-refractivity contribution < 1.29 is 31.1 Å². The second kappa shape index (κ2) is 7.26. The molecule has 1 nitrogen and oxygen atoms in total. The van der Waals surface area contributed by atoms with E-state index < -0.39 is 24.2 Å². The van der Waals surface area contributed by atoms with E-state index in [1.54, 1.807) is 0 Å². The van der Waals surface area contributed by atoms with E-state index in [1.165, 1.54) is 0 Å². The van der Waals surface area contributed by atoms with Gasteiger partial charge in [-0.05, 0) is 13.2 Å². The van der Waals surface area contributed by atoms with Crippen molar-refractivity contribution in [2.45, 2.75) is 0 Å². The summed E-state index contributed by atoms with van der Waals surface area (Å²) in [5.74, 6) is 0. The standard InChI is InChI=1S/C4H4F2O.C2F4/c1-3(5)7-4(2)6;3-1(4)2(5)6/h1-2H2;. The van der Waals surface area contributed by atoms with Crippen molar-refractivity contribution in [3.8, 4) is 0 Å². The topological polar surface area (TPSA) is 9.23 Å². The Hall–Kier alpha value is -1.40. The van der Waals surface area contributed by atoms with Crippen LogP contribution < -0.4 is 0 Å². The second-order valence-electron chi connectivity index (χ2n) is 1.33. The molecule has 0 spiro atoms. The predicted octanol–water partition coefficient (Wildman–Crippen LogP) is 3.88. The average Bonchev–Trinajstić information content (AvgIpc) is 1.84. The van der Waals surface area contributed by atoms with Crippen LogP contribution in [0.4, 0.5) is 26.3 Å². The largest absolute Gasteiger partial charge is 0.405 e. The van der Waals surface area contributed by atoms with Crippen molar-refractivity contribution in [3.05, 3.63) is 37.3 Å². The van der Waals surface area contributed by atoms with Gasteiger partial charge in [-0.3, -0.25) is 0 Å². The number of halogens is 6. The number of hydrogen-bond acceptors (Lipinski definition) is 1. The maximum atomic E-state index is 11.2. The van der Waals surface area contributed by atoms with Crippen LogP contribution in [0.3, 0.4) is 0 Å². The van der Waals surface area contributed by atoms with Gasteiger partial charge in [0.25, 0.3) is 12.0 Å². The molecule has 0 aromatic rings. The molecule has 7 heteroatoms. The molecule has 0 aromatic heterocycles. The molecule has 0 rings (SSSR count). The monoisotopic (exact) mass is 206 g/mol. The van der Waals surface area contributed by atoms with Crippen LogP contribution in [-0.4, -0.2) is 0 Å². The third-order valence-electron chi connectivity index (χ3n) is 0.364. The highest BCUT2D eigenvalue weighted by molar-refractivity contribution is 4.77. The van der Waals surface area contributed by atoms with E-state index in [2.05, 4.69) is 17.9 Å². The van der Waals surface area contributed by atoms with E-state index >= 15 is 0 Å². The number of hydrogen-bond donors (Lipinski definition) is 0. The summed E-state index contributed by atoms with van der Waals surface area (Å²) in [5, 5.41) is 0. The van der Waals surface area contributed by atoms with Gasteiger partial charge < -0.3 is 4.74 Å². The number of ether oxygens (including phenoxy) is 1. The summed E-state index contributed by atoms with van der Waals surface area (Å²) >= 11 is 0. The van der Waals surface area contributed by atoms with Gasteiger partial charge in [0, 0.05) is 0 Å². The smallest absolute Gasteiger partial charge is 0.334 e. The summed E-state index contributed by atoms with van der Waals surface area (Å²) in [4.78, 5) is 0. The van der Waals surface area contributed by atoms with Gasteiger partial charge in [-0.1, -0.05) is 0 Å². The molecule has 0 bridgehead atoms. The van der Waals surface area contributed by atoms with E-state index in [4.69, 9.17) is 0 Å². The summed E-state index contributed by atoms with van der Waals surface area (Å²) in [6.45, 7) is 5.21. The van der Waals surface area contributed by atoms with Crippen LogP contribution in [0.15, 0.2) is 37.3 Å². The fourth-order valence-corrected chi connectivity index (χ4v) is 0.120. The van der Waals surface area contributed by atoms with Crippen LogP contribution in [0.2, 0.25) is 0 Å². The van der Waals surface area contributed by atoms with Gasteiger partial charge in [-0.15, -0.1) is 0 Å². The normalized spacial score (nSPS) is 7.85. The van der Waals surface area contributed by atoms with Crippen molar-refractivity contribution >= 4 is 0 Å². The molecular formula is C6H4F6O. The zero-order chi connectivity index (χ0) is 11.0. The van der Waals surface area contributed by atoms with E-state index in [9.17, 15) is 26.3 Å². The van der Waals surface area contributed by atoms with E-state index in [1.807, 2.05) is 0 Å². The summed E-state index contributed by atoms with van der Waals surface area (Å²) in [6.07, 6.45) is -5.81. The molecule has 0 N–H and O–H groups in total. The molecule has 0 atom stereocenters.